The minimum atomic E-state index is 0.0141. The van der Waals surface area contributed by atoms with Gasteiger partial charge in [-0.1, -0.05) is 66.6 Å². The molecular weight excluding hydrogens is 418 g/mol. The van der Waals surface area contributed by atoms with Crippen molar-refractivity contribution in [3.63, 3.8) is 0 Å². The van der Waals surface area contributed by atoms with Crippen LogP contribution >= 0.6 is 47.3 Å². The number of rotatable bonds is 4. The van der Waals surface area contributed by atoms with Gasteiger partial charge in [0.25, 0.3) is 5.91 Å². The zero-order valence-corrected chi connectivity index (χ0v) is 17.7. The van der Waals surface area contributed by atoms with E-state index in [-0.39, 0.29) is 11.9 Å². The molecule has 1 aromatic heterocycles. The maximum atomic E-state index is 12.8. The van der Waals surface area contributed by atoms with E-state index in [2.05, 4.69) is 0 Å². The van der Waals surface area contributed by atoms with Gasteiger partial charge < -0.3 is 4.42 Å². The first-order chi connectivity index (χ1) is 13.1. The molecule has 27 heavy (non-hydrogen) atoms. The van der Waals surface area contributed by atoms with Gasteiger partial charge in [-0.15, -0.1) is 0 Å². The molecule has 0 N–H and O–H groups in total. The lowest BCUT2D eigenvalue weighted by atomic mass is 9.94. The van der Waals surface area contributed by atoms with Crippen LogP contribution in [-0.4, -0.2) is 21.2 Å². The summed E-state index contributed by atoms with van der Waals surface area (Å²) in [5, 5.41) is 1.48. The number of hydrogen-bond acceptors (Lipinski definition) is 5. The van der Waals surface area contributed by atoms with Gasteiger partial charge in [-0.25, -0.2) is 0 Å². The lowest BCUT2D eigenvalue weighted by molar-refractivity contribution is -0.124. The Balaban J connectivity index is 1.47. The number of amides is 1. The average molecular weight is 436 g/mol. The van der Waals surface area contributed by atoms with Crippen LogP contribution < -0.4 is 0 Å². The van der Waals surface area contributed by atoms with Crippen molar-refractivity contribution in [2.75, 3.05) is 0 Å². The van der Waals surface area contributed by atoms with Crippen molar-refractivity contribution < 1.29 is 9.21 Å². The molecule has 0 spiro atoms. The number of thiocarbonyl (C=S) groups is 1. The number of carbonyl (C=O) groups is 1. The molecule has 2 aromatic rings. The Bertz CT molecular complexity index is 885. The highest BCUT2D eigenvalue weighted by atomic mass is 35.5. The molecule has 3 nitrogen and oxygen atoms in total. The number of halogens is 1. The van der Waals surface area contributed by atoms with Gasteiger partial charge >= 0.3 is 0 Å². The van der Waals surface area contributed by atoms with Crippen LogP contribution in [-0.2, 0) is 4.79 Å². The van der Waals surface area contributed by atoms with Gasteiger partial charge in [-0.3, -0.25) is 9.69 Å². The topological polar surface area (TPSA) is 33.5 Å². The largest absolute Gasteiger partial charge is 0.450 e. The Labute approximate surface area is 177 Å². The molecule has 0 unspecified atom stereocenters. The van der Waals surface area contributed by atoms with Crippen LogP contribution in [0.25, 0.3) is 6.08 Å². The Kier molecular flexibility index (Phi) is 5.97. The predicted molar refractivity (Wildman–Crippen MR) is 116 cm³/mol. The van der Waals surface area contributed by atoms with Crippen LogP contribution in [0.15, 0.2) is 55.7 Å². The van der Waals surface area contributed by atoms with Crippen molar-refractivity contribution >= 4 is 63.6 Å². The number of benzene rings is 1. The lowest BCUT2D eigenvalue weighted by Crippen LogP contribution is -2.39. The van der Waals surface area contributed by atoms with E-state index >= 15 is 0 Å². The Morgan fingerprint density at radius 1 is 1.15 bits per heavy atom. The van der Waals surface area contributed by atoms with Crippen LogP contribution in [0.2, 0.25) is 5.02 Å². The first-order valence-corrected chi connectivity index (χ1v) is 11.3. The van der Waals surface area contributed by atoms with Crippen molar-refractivity contribution in [2.24, 2.45) is 0 Å². The highest BCUT2D eigenvalue weighted by Crippen LogP contribution is 2.38. The SMILES string of the molecule is O=C1/C(=C/c2ccc(Sc3ccc(Cl)cc3)o2)SC(=S)N1C1CCCCC1. The molecule has 0 radical (unpaired) electrons. The van der Waals surface area contributed by atoms with Crippen LogP contribution in [0.5, 0.6) is 0 Å². The van der Waals surface area contributed by atoms with Gasteiger partial charge in [-0.2, -0.15) is 0 Å². The summed E-state index contributed by atoms with van der Waals surface area (Å²) in [7, 11) is 0. The van der Waals surface area contributed by atoms with Gasteiger partial charge in [0.15, 0.2) is 5.09 Å². The summed E-state index contributed by atoms with van der Waals surface area (Å²) in [6.07, 6.45) is 7.48. The van der Waals surface area contributed by atoms with Gasteiger partial charge in [-0.05, 0) is 49.2 Å². The van der Waals surface area contributed by atoms with Crippen LogP contribution in [0, 0.1) is 0 Å². The van der Waals surface area contributed by atoms with Gasteiger partial charge in [0.2, 0.25) is 0 Å². The van der Waals surface area contributed by atoms with E-state index in [9.17, 15) is 4.79 Å². The fraction of sp³-hybridized carbons (Fsp3) is 0.300. The first-order valence-electron chi connectivity index (χ1n) is 8.90. The second-order valence-electron chi connectivity index (χ2n) is 6.56. The summed E-state index contributed by atoms with van der Waals surface area (Å²) >= 11 is 14.3. The molecule has 4 rings (SSSR count). The summed E-state index contributed by atoms with van der Waals surface area (Å²) in [4.78, 5) is 16.3. The lowest BCUT2D eigenvalue weighted by Gasteiger charge is -2.29. The van der Waals surface area contributed by atoms with Gasteiger partial charge in [0.1, 0.15) is 10.1 Å². The summed E-state index contributed by atoms with van der Waals surface area (Å²) in [6.45, 7) is 0. The molecule has 0 atom stereocenters. The number of furan rings is 1. The van der Waals surface area contributed by atoms with Crippen LogP contribution in [0.1, 0.15) is 37.9 Å². The highest BCUT2D eigenvalue weighted by Gasteiger charge is 2.37. The van der Waals surface area contributed by atoms with Crippen molar-refractivity contribution in [1.29, 1.82) is 0 Å². The third-order valence-electron chi connectivity index (χ3n) is 4.67. The summed E-state index contributed by atoms with van der Waals surface area (Å²) in [6, 6.07) is 11.6. The number of carbonyl (C=O) groups excluding carboxylic acids is 1. The molecule has 7 heteroatoms. The molecule has 1 aliphatic heterocycles. The first kappa shape index (κ1) is 19.1. The molecule has 1 saturated carbocycles. The van der Waals surface area contributed by atoms with Crippen molar-refractivity contribution in [1.82, 2.24) is 4.90 Å². The summed E-state index contributed by atoms with van der Waals surface area (Å²) < 4.78 is 6.54. The molecule has 1 saturated heterocycles. The minimum absolute atomic E-state index is 0.0141. The van der Waals surface area contributed by atoms with E-state index < -0.39 is 0 Å². The van der Waals surface area contributed by atoms with Gasteiger partial charge in [0.05, 0.1) is 4.91 Å². The number of nitrogens with zero attached hydrogens (tertiary/aromatic N) is 1. The van der Waals surface area contributed by atoms with E-state index in [1.165, 1.54) is 42.8 Å². The molecule has 0 bridgehead atoms. The maximum Gasteiger partial charge on any atom is 0.266 e. The molecule has 140 valence electrons. The van der Waals surface area contributed by atoms with Gasteiger partial charge in [0, 0.05) is 22.0 Å². The Morgan fingerprint density at radius 2 is 1.89 bits per heavy atom. The zero-order valence-electron chi connectivity index (χ0n) is 14.5. The number of hydrogen-bond donors (Lipinski definition) is 0. The van der Waals surface area contributed by atoms with E-state index in [0.29, 0.717) is 20.0 Å². The smallest absolute Gasteiger partial charge is 0.266 e. The highest BCUT2D eigenvalue weighted by molar-refractivity contribution is 8.26. The van der Waals surface area contributed by atoms with Crippen LogP contribution in [0.4, 0.5) is 0 Å². The second kappa shape index (κ2) is 8.43. The fourth-order valence-corrected chi connectivity index (χ4v) is 5.63. The summed E-state index contributed by atoms with van der Waals surface area (Å²) in [5.74, 6) is 0.677. The van der Waals surface area contributed by atoms with Crippen molar-refractivity contribution in [2.45, 2.75) is 48.1 Å². The monoisotopic (exact) mass is 435 g/mol. The molecule has 1 amide bonds. The van der Waals surface area contributed by atoms with E-state index in [0.717, 1.165) is 22.8 Å². The third kappa shape index (κ3) is 4.45. The molecule has 2 heterocycles. The third-order valence-corrected chi connectivity index (χ3v) is 7.18. The van der Waals surface area contributed by atoms with Crippen molar-refractivity contribution in [3.05, 3.63) is 52.1 Å². The Hall–Kier alpha value is -1.21. The predicted octanol–water partition coefficient (Wildman–Crippen LogP) is 6.62. The number of thioether (sulfide) groups is 1. The quantitative estimate of drug-likeness (QED) is 0.398. The fourth-order valence-electron chi connectivity index (χ4n) is 3.35. The molecule has 2 fully saturated rings. The normalized spacial score (nSPS) is 20.0. The van der Waals surface area contributed by atoms with Crippen LogP contribution in [0.3, 0.4) is 0 Å². The van der Waals surface area contributed by atoms with Crippen molar-refractivity contribution in [3.8, 4) is 0 Å². The standard InChI is InChI=1S/C20H18ClNO2S3/c21-13-6-9-16(10-7-13)26-18-11-8-15(24-18)12-17-19(23)22(20(25)27-17)14-4-2-1-3-5-14/h6-12,14H,1-5H2/b17-12-. The average Bonchev–Trinajstić information content (AvgIpc) is 3.22. The molecular formula is C20H18ClNO2S3. The van der Waals surface area contributed by atoms with E-state index in [4.69, 9.17) is 28.2 Å². The molecule has 1 aliphatic carbocycles. The minimum Gasteiger partial charge on any atom is -0.450 e. The molecule has 2 aliphatic rings. The van der Waals surface area contributed by atoms with E-state index in [1.54, 1.807) is 6.08 Å². The maximum absolute atomic E-state index is 12.8. The molecule has 1 aromatic carbocycles. The Morgan fingerprint density at radius 3 is 2.63 bits per heavy atom. The summed E-state index contributed by atoms with van der Waals surface area (Å²) in [5.41, 5.74) is 0. The zero-order chi connectivity index (χ0) is 18.8. The second-order valence-corrected chi connectivity index (χ2v) is 9.75. The van der Waals surface area contributed by atoms with E-state index in [1.807, 2.05) is 41.3 Å².